The summed E-state index contributed by atoms with van der Waals surface area (Å²) in [5.41, 5.74) is 1.87. The van der Waals surface area contributed by atoms with Crippen LogP contribution in [-0.2, 0) is 4.79 Å². The number of anilines is 1. The summed E-state index contributed by atoms with van der Waals surface area (Å²) in [5.74, 6) is -0.680. The van der Waals surface area contributed by atoms with E-state index in [1.807, 2.05) is 29.2 Å². The Hall–Kier alpha value is -3.07. The third-order valence-electron chi connectivity index (χ3n) is 6.88. The van der Waals surface area contributed by atoms with Crippen LogP contribution in [0.1, 0.15) is 61.0 Å². The van der Waals surface area contributed by atoms with Gasteiger partial charge in [0, 0.05) is 43.3 Å². The molecule has 35 heavy (non-hydrogen) atoms. The summed E-state index contributed by atoms with van der Waals surface area (Å²) in [6.07, 6.45) is -0.978. The molecule has 1 aliphatic heterocycles. The SMILES string of the molecule is CC(=O)N(CCCCO)[C@H]1c2ccccc2N(C(=O)c2ccc(OC(F)(F)F)cc2)[C@@H]2CCC[C@@H]21. The molecule has 1 aliphatic carbocycles. The Labute approximate surface area is 202 Å². The van der Waals surface area contributed by atoms with Gasteiger partial charge in [0.15, 0.2) is 0 Å². The normalized spacial score (nSPS) is 21.3. The van der Waals surface area contributed by atoms with Crippen molar-refractivity contribution >= 4 is 17.5 Å². The number of para-hydroxylation sites is 1. The van der Waals surface area contributed by atoms with Gasteiger partial charge in [-0.15, -0.1) is 13.2 Å². The van der Waals surface area contributed by atoms with E-state index in [9.17, 15) is 27.9 Å². The van der Waals surface area contributed by atoms with Crippen molar-refractivity contribution < 1.29 is 32.6 Å². The number of amides is 2. The molecule has 1 fully saturated rings. The second-order valence-electron chi connectivity index (χ2n) is 9.06. The molecule has 0 unspecified atom stereocenters. The number of rotatable bonds is 7. The van der Waals surface area contributed by atoms with Gasteiger partial charge in [0.05, 0.1) is 6.04 Å². The number of hydrogen-bond donors (Lipinski definition) is 1. The maximum atomic E-state index is 13.7. The van der Waals surface area contributed by atoms with E-state index in [-0.39, 0.29) is 47.7 Å². The highest BCUT2D eigenvalue weighted by Gasteiger charge is 2.48. The second kappa shape index (κ2) is 10.3. The highest BCUT2D eigenvalue weighted by molar-refractivity contribution is 6.07. The van der Waals surface area contributed by atoms with Crippen molar-refractivity contribution in [3.8, 4) is 5.75 Å². The summed E-state index contributed by atoms with van der Waals surface area (Å²) in [4.78, 5) is 30.0. The Morgan fingerprint density at radius 2 is 1.80 bits per heavy atom. The maximum Gasteiger partial charge on any atom is 0.573 e. The van der Waals surface area contributed by atoms with E-state index in [0.29, 0.717) is 19.4 Å². The van der Waals surface area contributed by atoms with Gasteiger partial charge >= 0.3 is 6.36 Å². The standard InChI is InChI=1S/C26H29F3N2O4/c1-17(33)30(15-4-5-16-32)24-20-7-2-3-9-22(20)31(23-10-6-8-21(23)24)25(34)18-11-13-19(14-12-18)35-26(27,28)29/h2-3,7,9,11-14,21,23-24,32H,4-6,8,10,15-16H2,1H3/t21-,23+,24-/m0/s1. The zero-order valence-electron chi connectivity index (χ0n) is 19.5. The molecule has 0 spiro atoms. The summed E-state index contributed by atoms with van der Waals surface area (Å²) in [6.45, 7) is 2.13. The van der Waals surface area contributed by atoms with Gasteiger partial charge in [0.2, 0.25) is 5.91 Å². The van der Waals surface area contributed by atoms with Crippen molar-refractivity contribution in [3.63, 3.8) is 0 Å². The fourth-order valence-corrected chi connectivity index (χ4v) is 5.51. The molecule has 9 heteroatoms. The highest BCUT2D eigenvalue weighted by atomic mass is 19.4. The molecule has 3 atom stereocenters. The van der Waals surface area contributed by atoms with Crippen LogP contribution in [-0.4, -0.2) is 47.4 Å². The first kappa shape index (κ1) is 25.0. The Morgan fingerprint density at radius 3 is 2.46 bits per heavy atom. The van der Waals surface area contributed by atoms with Crippen LogP contribution in [0.3, 0.4) is 0 Å². The van der Waals surface area contributed by atoms with Crippen LogP contribution in [0, 0.1) is 5.92 Å². The Morgan fingerprint density at radius 1 is 1.09 bits per heavy atom. The van der Waals surface area contributed by atoms with Gasteiger partial charge in [-0.3, -0.25) is 9.59 Å². The van der Waals surface area contributed by atoms with Gasteiger partial charge in [-0.05, 0) is 61.6 Å². The third-order valence-corrected chi connectivity index (χ3v) is 6.88. The molecule has 2 aromatic rings. The van der Waals surface area contributed by atoms with Crippen molar-refractivity contribution in [2.75, 3.05) is 18.1 Å². The van der Waals surface area contributed by atoms with Gasteiger partial charge in [-0.1, -0.05) is 24.6 Å². The quantitative estimate of drug-likeness (QED) is 0.550. The first-order chi connectivity index (χ1) is 16.7. The van der Waals surface area contributed by atoms with Crippen LogP contribution in [0.5, 0.6) is 5.75 Å². The number of benzene rings is 2. The summed E-state index contributed by atoms with van der Waals surface area (Å²) < 4.78 is 41.5. The number of fused-ring (bicyclic) bond motifs is 2. The topological polar surface area (TPSA) is 70.1 Å². The Balaban J connectivity index is 1.69. The van der Waals surface area contributed by atoms with Crippen LogP contribution in [0.2, 0.25) is 0 Å². The van der Waals surface area contributed by atoms with Crippen LogP contribution in [0.25, 0.3) is 0 Å². The number of unbranched alkanes of at least 4 members (excludes halogenated alkanes) is 1. The molecule has 4 rings (SSSR count). The predicted molar refractivity (Wildman–Crippen MR) is 124 cm³/mol. The fourth-order valence-electron chi connectivity index (χ4n) is 5.51. The number of ether oxygens (including phenoxy) is 1. The number of carbonyl (C=O) groups is 2. The van der Waals surface area contributed by atoms with E-state index < -0.39 is 6.36 Å². The lowest BCUT2D eigenvalue weighted by Crippen LogP contribution is -2.52. The lowest BCUT2D eigenvalue weighted by molar-refractivity contribution is -0.274. The molecule has 6 nitrogen and oxygen atoms in total. The minimum atomic E-state index is -4.80. The smallest absolute Gasteiger partial charge is 0.406 e. The van der Waals surface area contributed by atoms with Gasteiger partial charge in [-0.2, -0.15) is 0 Å². The summed E-state index contributed by atoms with van der Waals surface area (Å²) >= 11 is 0. The van der Waals surface area contributed by atoms with Crippen molar-refractivity contribution in [1.82, 2.24) is 4.90 Å². The van der Waals surface area contributed by atoms with E-state index in [0.717, 1.165) is 42.6 Å². The van der Waals surface area contributed by atoms with Crippen molar-refractivity contribution in [1.29, 1.82) is 0 Å². The maximum absolute atomic E-state index is 13.7. The molecule has 0 bridgehead atoms. The summed E-state index contributed by atoms with van der Waals surface area (Å²) in [5, 5.41) is 9.20. The molecule has 2 aromatic carbocycles. The first-order valence-electron chi connectivity index (χ1n) is 11.9. The number of nitrogens with zero attached hydrogens (tertiary/aromatic N) is 2. The van der Waals surface area contributed by atoms with Gasteiger partial charge in [-0.25, -0.2) is 0 Å². The Kier molecular flexibility index (Phi) is 7.35. The number of carbonyl (C=O) groups excluding carboxylic acids is 2. The molecule has 1 heterocycles. The zero-order valence-corrected chi connectivity index (χ0v) is 19.5. The highest BCUT2D eigenvalue weighted by Crippen LogP contribution is 2.50. The Bertz CT molecular complexity index is 1060. The molecule has 0 radical (unpaired) electrons. The molecule has 0 aromatic heterocycles. The fraction of sp³-hybridized carbons (Fsp3) is 0.462. The van der Waals surface area contributed by atoms with Crippen LogP contribution >= 0.6 is 0 Å². The van der Waals surface area contributed by atoms with E-state index in [1.54, 1.807) is 11.8 Å². The number of halogens is 3. The van der Waals surface area contributed by atoms with Crippen LogP contribution in [0.4, 0.5) is 18.9 Å². The molecule has 188 valence electrons. The second-order valence-corrected chi connectivity index (χ2v) is 9.06. The van der Waals surface area contributed by atoms with E-state index >= 15 is 0 Å². The lowest BCUT2D eigenvalue weighted by atomic mass is 9.81. The number of aliphatic hydroxyl groups excluding tert-OH is 1. The lowest BCUT2D eigenvalue weighted by Gasteiger charge is -2.47. The summed E-state index contributed by atoms with van der Waals surface area (Å²) in [6, 6.07) is 12.2. The van der Waals surface area contributed by atoms with Gasteiger partial charge in [0.1, 0.15) is 5.75 Å². The number of aliphatic hydroxyl groups is 1. The molecule has 1 saturated carbocycles. The van der Waals surface area contributed by atoms with Crippen molar-refractivity contribution in [2.45, 2.75) is 57.5 Å². The molecule has 1 N–H and O–H groups in total. The first-order valence-corrected chi connectivity index (χ1v) is 11.9. The minimum absolute atomic E-state index is 0.0414. The largest absolute Gasteiger partial charge is 0.573 e. The number of alkyl halides is 3. The van der Waals surface area contributed by atoms with Crippen LogP contribution < -0.4 is 9.64 Å². The third kappa shape index (κ3) is 5.29. The molecular formula is C26H29F3N2O4. The molecular weight excluding hydrogens is 461 g/mol. The molecule has 0 saturated heterocycles. The number of hydrogen-bond acceptors (Lipinski definition) is 4. The monoisotopic (exact) mass is 490 g/mol. The van der Waals surface area contributed by atoms with Crippen molar-refractivity contribution in [3.05, 3.63) is 59.7 Å². The average Bonchev–Trinajstić information content (AvgIpc) is 3.29. The van der Waals surface area contributed by atoms with E-state index in [2.05, 4.69) is 4.74 Å². The van der Waals surface area contributed by atoms with E-state index in [4.69, 9.17) is 0 Å². The molecule has 2 amide bonds. The molecule has 2 aliphatic rings. The summed E-state index contributed by atoms with van der Waals surface area (Å²) in [7, 11) is 0. The van der Waals surface area contributed by atoms with Crippen LogP contribution in [0.15, 0.2) is 48.5 Å². The van der Waals surface area contributed by atoms with Gasteiger partial charge in [0.25, 0.3) is 5.91 Å². The predicted octanol–water partition coefficient (Wildman–Crippen LogP) is 5.08. The average molecular weight is 491 g/mol. The minimum Gasteiger partial charge on any atom is -0.406 e. The zero-order chi connectivity index (χ0) is 25.2. The van der Waals surface area contributed by atoms with E-state index in [1.165, 1.54) is 12.1 Å². The van der Waals surface area contributed by atoms with Gasteiger partial charge < -0.3 is 19.6 Å². The van der Waals surface area contributed by atoms with Crippen molar-refractivity contribution in [2.24, 2.45) is 5.92 Å².